The summed E-state index contributed by atoms with van der Waals surface area (Å²) in [6.07, 6.45) is 6.89. The molecular weight excluding hydrogens is 418 g/mol. The molecule has 0 radical (unpaired) electrons. The molecule has 2 aliphatic carbocycles. The molecule has 4 heterocycles. The smallest absolute Gasteiger partial charge is 0.261 e. The lowest BCUT2D eigenvalue weighted by Gasteiger charge is -2.20. The number of hydrogen-bond donors (Lipinski definition) is 1. The van der Waals surface area contributed by atoms with Gasteiger partial charge in [-0.25, -0.2) is 9.97 Å². The van der Waals surface area contributed by atoms with Gasteiger partial charge in [0.2, 0.25) is 0 Å². The number of amides is 1. The first-order valence-electron chi connectivity index (χ1n) is 11.7. The van der Waals surface area contributed by atoms with Crippen LogP contribution in [-0.2, 0) is 26.3 Å². The van der Waals surface area contributed by atoms with Crippen LogP contribution >= 0.6 is 11.3 Å². The Morgan fingerprint density at radius 2 is 2.06 bits per heavy atom. The molecule has 1 saturated heterocycles. The zero-order valence-corrected chi connectivity index (χ0v) is 19.5. The number of fused-ring (bicyclic) bond motifs is 2. The monoisotopic (exact) mass is 447 g/mol. The van der Waals surface area contributed by atoms with Crippen LogP contribution in [0.15, 0.2) is 30.6 Å². The first-order chi connectivity index (χ1) is 15.6. The first kappa shape index (κ1) is 20.0. The average Bonchev–Trinajstić information content (AvgIpc) is 3.27. The van der Waals surface area contributed by atoms with Crippen molar-refractivity contribution in [3.05, 3.63) is 63.0 Å². The van der Waals surface area contributed by atoms with Gasteiger partial charge < -0.3 is 14.8 Å². The minimum Gasteiger partial charge on any atom is -0.356 e. The summed E-state index contributed by atoms with van der Waals surface area (Å²) in [5.74, 6) is 2.95. The standard InChI is InChI=1S/C25H29N5OS/c1-3-19-15(4-9-23(27-19)30-12-16-10-17(16)13-30)11-18-5-8-22(32-18)25(31)28-20-6-7-21-24(20)26-14-29(21)2/h4-5,8-9,14,16-17,20H,3,6-7,10-13H2,1-2H3,(H,28,31)/t16?,17?,20-/m1/s1. The Kier molecular flexibility index (Phi) is 4.82. The summed E-state index contributed by atoms with van der Waals surface area (Å²) in [4.78, 5) is 26.8. The number of imidazole rings is 1. The van der Waals surface area contributed by atoms with Crippen LogP contribution < -0.4 is 10.2 Å². The molecule has 7 heteroatoms. The number of hydrogen-bond acceptors (Lipinski definition) is 5. The van der Waals surface area contributed by atoms with E-state index in [0.29, 0.717) is 0 Å². The first-order valence-corrected chi connectivity index (χ1v) is 12.5. The Morgan fingerprint density at radius 1 is 1.22 bits per heavy atom. The fourth-order valence-electron chi connectivity index (χ4n) is 5.39. The number of carbonyl (C=O) groups excluding carboxylic acids is 1. The molecule has 1 aliphatic heterocycles. The third-order valence-corrected chi connectivity index (χ3v) is 8.42. The Balaban J connectivity index is 1.13. The number of aryl methyl sites for hydroxylation is 2. The third kappa shape index (κ3) is 3.52. The van der Waals surface area contributed by atoms with Gasteiger partial charge in [0.1, 0.15) is 5.82 Å². The summed E-state index contributed by atoms with van der Waals surface area (Å²) < 4.78 is 2.06. The molecule has 3 aromatic heterocycles. The fourth-order valence-corrected chi connectivity index (χ4v) is 6.32. The highest BCUT2D eigenvalue weighted by Crippen LogP contribution is 2.46. The van der Waals surface area contributed by atoms with E-state index < -0.39 is 0 Å². The predicted molar refractivity (Wildman–Crippen MR) is 126 cm³/mol. The van der Waals surface area contributed by atoms with E-state index in [4.69, 9.17) is 4.98 Å². The van der Waals surface area contributed by atoms with Crippen molar-refractivity contribution in [3.8, 4) is 0 Å². The molecule has 3 aromatic rings. The molecule has 0 spiro atoms. The van der Waals surface area contributed by atoms with Crippen LogP contribution in [0.4, 0.5) is 5.82 Å². The second-order valence-electron chi connectivity index (χ2n) is 9.48. The quantitative estimate of drug-likeness (QED) is 0.622. The van der Waals surface area contributed by atoms with Crippen LogP contribution in [0.3, 0.4) is 0 Å². The maximum absolute atomic E-state index is 12.9. The summed E-state index contributed by atoms with van der Waals surface area (Å²) in [7, 11) is 2.01. The van der Waals surface area contributed by atoms with Crippen LogP contribution in [0.25, 0.3) is 0 Å². The highest BCUT2D eigenvalue weighted by Gasteiger charge is 2.45. The Labute approximate surface area is 192 Å². The average molecular weight is 448 g/mol. The van der Waals surface area contributed by atoms with Gasteiger partial charge in [0.05, 0.1) is 22.9 Å². The number of nitrogens with zero attached hydrogens (tertiary/aromatic N) is 4. The van der Waals surface area contributed by atoms with E-state index in [1.165, 1.54) is 41.3 Å². The molecule has 6 rings (SSSR count). The topological polar surface area (TPSA) is 63.1 Å². The number of rotatable bonds is 6. The van der Waals surface area contributed by atoms with E-state index in [9.17, 15) is 4.79 Å². The van der Waals surface area contributed by atoms with Crippen LogP contribution in [0, 0.1) is 11.8 Å². The lowest BCUT2D eigenvalue weighted by molar-refractivity contribution is 0.0940. The number of aromatic nitrogens is 3. The minimum atomic E-state index is 0.00143. The molecule has 3 aliphatic rings. The molecule has 1 N–H and O–H groups in total. The largest absolute Gasteiger partial charge is 0.356 e. The van der Waals surface area contributed by atoms with Crippen LogP contribution in [0.1, 0.15) is 63.0 Å². The van der Waals surface area contributed by atoms with Gasteiger partial charge >= 0.3 is 0 Å². The lowest BCUT2D eigenvalue weighted by atomic mass is 10.1. The van der Waals surface area contributed by atoms with Crippen molar-refractivity contribution in [3.63, 3.8) is 0 Å². The summed E-state index contributed by atoms with van der Waals surface area (Å²) in [5, 5.41) is 3.19. The lowest BCUT2D eigenvalue weighted by Crippen LogP contribution is -2.26. The van der Waals surface area contributed by atoms with E-state index >= 15 is 0 Å². The van der Waals surface area contributed by atoms with Crippen molar-refractivity contribution < 1.29 is 4.79 Å². The van der Waals surface area contributed by atoms with E-state index in [1.807, 2.05) is 19.4 Å². The van der Waals surface area contributed by atoms with Crippen molar-refractivity contribution in [2.75, 3.05) is 18.0 Å². The van der Waals surface area contributed by atoms with E-state index in [1.54, 1.807) is 11.3 Å². The summed E-state index contributed by atoms with van der Waals surface area (Å²) in [6.45, 7) is 4.52. The van der Waals surface area contributed by atoms with Crippen molar-refractivity contribution in [2.45, 2.75) is 45.1 Å². The maximum Gasteiger partial charge on any atom is 0.261 e. The molecule has 1 amide bonds. The van der Waals surface area contributed by atoms with Crippen LogP contribution in [0.5, 0.6) is 0 Å². The van der Waals surface area contributed by atoms with Gasteiger partial charge in [0, 0.05) is 42.8 Å². The van der Waals surface area contributed by atoms with E-state index in [0.717, 1.165) is 53.9 Å². The van der Waals surface area contributed by atoms with Gasteiger partial charge in [0.25, 0.3) is 5.91 Å². The third-order valence-electron chi connectivity index (χ3n) is 7.34. The number of carbonyl (C=O) groups is 1. The SMILES string of the molecule is CCc1nc(N2CC3CC3C2)ccc1Cc1ccc(C(=O)N[C@@H]2CCc3c2ncn3C)s1. The fraction of sp³-hybridized carbons (Fsp3) is 0.480. The zero-order chi connectivity index (χ0) is 21.8. The highest BCUT2D eigenvalue weighted by atomic mass is 32.1. The zero-order valence-electron chi connectivity index (χ0n) is 18.7. The molecule has 166 valence electrons. The Hall–Kier alpha value is -2.67. The Bertz CT molecular complexity index is 1170. The number of anilines is 1. The second-order valence-corrected chi connectivity index (χ2v) is 10.7. The maximum atomic E-state index is 12.9. The molecule has 1 saturated carbocycles. The number of nitrogens with one attached hydrogen (secondary N) is 1. The van der Waals surface area contributed by atoms with Gasteiger partial charge in [0.15, 0.2) is 0 Å². The van der Waals surface area contributed by atoms with Crippen molar-refractivity contribution in [2.24, 2.45) is 18.9 Å². The van der Waals surface area contributed by atoms with Crippen LogP contribution in [0.2, 0.25) is 0 Å². The van der Waals surface area contributed by atoms with Gasteiger partial charge in [-0.05, 0) is 61.3 Å². The normalized spacial score (nSPS) is 23.3. The van der Waals surface area contributed by atoms with Crippen molar-refractivity contribution in [1.82, 2.24) is 19.9 Å². The number of pyridine rings is 1. The molecule has 6 nitrogen and oxygen atoms in total. The minimum absolute atomic E-state index is 0.00143. The summed E-state index contributed by atoms with van der Waals surface area (Å²) >= 11 is 1.58. The van der Waals surface area contributed by atoms with Gasteiger partial charge in [-0.3, -0.25) is 4.79 Å². The van der Waals surface area contributed by atoms with E-state index in [2.05, 4.69) is 44.9 Å². The van der Waals surface area contributed by atoms with Crippen molar-refractivity contribution >= 4 is 23.1 Å². The van der Waals surface area contributed by atoms with Gasteiger partial charge in [-0.2, -0.15) is 0 Å². The van der Waals surface area contributed by atoms with Gasteiger partial charge in [-0.15, -0.1) is 11.3 Å². The number of thiophene rings is 1. The number of piperidine rings is 1. The Morgan fingerprint density at radius 3 is 2.88 bits per heavy atom. The van der Waals surface area contributed by atoms with Crippen LogP contribution in [-0.4, -0.2) is 33.5 Å². The highest BCUT2D eigenvalue weighted by molar-refractivity contribution is 7.14. The van der Waals surface area contributed by atoms with Gasteiger partial charge in [-0.1, -0.05) is 13.0 Å². The molecule has 0 aromatic carbocycles. The van der Waals surface area contributed by atoms with E-state index in [-0.39, 0.29) is 11.9 Å². The molecule has 2 unspecified atom stereocenters. The summed E-state index contributed by atoms with van der Waals surface area (Å²) in [5.41, 5.74) is 4.70. The second kappa shape index (κ2) is 7.73. The van der Waals surface area contributed by atoms with Crippen molar-refractivity contribution in [1.29, 1.82) is 0 Å². The molecule has 0 bridgehead atoms. The molecule has 3 atom stereocenters. The summed E-state index contributed by atoms with van der Waals surface area (Å²) in [6, 6.07) is 8.48. The predicted octanol–water partition coefficient (Wildman–Crippen LogP) is 3.90. The molecule has 32 heavy (non-hydrogen) atoms. The molecular formula is C25H29N5OS. The molecule has 2 fully saturated rings.